The number of ether oxygens (including phenoxy) is 2. The number of amides is 1. The van der Waals surface area contributed by atoms with Gasteiger partial charge in [-0.2, -0.15) is 0 Å². The van der Waals surface area contributed by atoms with Gasteiger partial charge < -0.3 is 14.8 Å². The van der Waals surface area contributed by atoms with Crippen LogP contribution in [0.1, 0.15) is 35.5 Å². The summed E-state index contributed by atoms with van der Waals surface area (Å²) >= 11 is 0. The molecule has 1 aromatic carbocycles. The molecule has 6 nitrogen and oxygen atoms in total. The third-order valence-electron chi connectivity index (χ3n) is 5.62. The number of aliphatic imine (C=N–C) groups is 1. The van der Waals surface area contributed by atoms with E-state index in [9.17, 15) is 18.0 Å². The molecule has 1 unspecified atom stereocenters. The van der Waals surface area contributed by atoms with Crippen LogP contribution in [0.2, 0.25) is 0 Å². The first-order chi connectivity index (χ1) is 14.6. The van der Waals surface area contributed by atoms with Crippen molar-refractivity contribution in [2.75, 3.05) is 18.5 Å². The molecule has 1 N–H and O–H groups in total. The highest BCUT2D eigenvalue weighted by Gasteiger charge is 2.60. The third-order valence-corrected chi connectivity index (χ3v) is 5.62. The summed E-state index contributed by atoms with van der Waals surface area (Å²) in [6, 6.07) is 7.32. The minimum absolute atomic E-state index is 0.0709. The summed E-state index contributed by atoms with van der Waals surface area (Å²) in [4.78, 5) is 21.0. The summed E-state index contributed by atoms with van der Waals surface area (Å²) in [5, 5.41) is 2.68. The molecule has 0 spiro atoms. The number of hydrogen-bond donors (Lipinski definition) is 1. The zero-order chi connectivity index (χ0) is 22.4. The molecule has 2 aliphatic heterocycles. The fraction of sp³-hybridized carbons (Fsp3) is 0.409. The molecule has 164 valence electrons. The van der Waals surface area contributed by atoms with Crippen LogP contribution in [0.15, 0.2) is 41.5 Å². The predicted octanol–water partition coefficient (Wildman–Crippen LogP) is 4.10. The van der Waals surface area contributed by atoms with Crippen LogP contribution in [-0.4, -0.2) is 42.0 Å². The van der Waals surface area contributed by atoms with E-state index >= 15 is 0 Å². The van der Waals surface area contributed by atoms with Crippen LogP contribution in [0.3, 0.4) is 0 Å². The van der Waals surface area contributed by atoms with Gasteiger partial charge in [0, 0.05) is 31.3 Å². The van der Waals surface area contributed by atoms with E-state index in [2.05, 4.69) is 15.3 Å². The molecular weight excluding hydrogens is 411 g/mol. The number of fused-ring (bicyclic) bond motifs is 1. The summed E-state index contributed by atoms with van der Waals surface area (Å²) in [5.41, 5.74) is 0.0909. The van der Waals surface area contributed by atoms with E-state index in [-0.39, 0.29) is 30.4 Å². The molecule has 0 aliphatic carbocycles. The van der Waals surface area contributed by atoms with Crippen LogP contribution in [0, 0.1) is 18.7 Å². The molecule has 0 saturated carbocycles. The van der Waals surface area contributed by atoms with Crippen molar-refractivity contribution < 1.29 is 27.4 Å². The highest BCUT2D eigenvalue weighted by Crippen LogP contribution is 2.50. The van der Waals surface area contributed by atoms with E-state index in [1.807, 2.05) is 6.92 Å². The van der Waals surface area contributed by atoms with Crippen LogP contribution in [-0.2, 0) is 15.0 Å². The van der Waals surface area contributed by atoms with Gasteiger partial charge in [0.15, 0.2) is 5.90 Å². The van der Waals surface area contributed by atoms with E-state index in [4.69, 9.17) is 9.47 Å². The number of carbonyl (C=O) groups excluding carboxylic acids is 1. The Morgan fingerprint density at radius 3 is 2.71 bits per heavy atom. The fourth-order valence-electron chi connectivity index (χ4n) is 4.12. The number of hydrogen-bond acceptors (Lipinski definition) is 5. The Morgan fingerprint density at radius 2 is 2.03 bits per heavy atom. The van der Waals surface area contributed by atoms with Crippen LogP contribution in [0.5, 0.6) is 0 Å². The van der Waals surface area contributed by atoms with E-state index < -0.39 is 35.2 Å². The number of rotatable bonds is 4. The van der Waals surface area contributed by atoms with Crippen LogP contribution in [0.25, 0.3) is 0 Å². The van der Waals surface area contributed by atoms with Crippen molar-refractivity contribution >= 4 is 17.5 Å². The second-order valence-corrected chi connectivity index (χ2v) is 8.03. The topological polar surface area (TPSA) is 72.8 Å². The number of nitrogens with zero attached hydrogens (tertiary/aromatic N) is 2. The lowest BCUT2D eigenvalue weighted by molar-refractivity contribution is -0.121. The minimum Gasteiger partial charge on any atom is -0.481 e. The number of anilines is 1. The first-order valence-corrected chi connectivity index (χ1v) is 9.83. The normalized spacial score (nSPS) is 25.4. The van der Waals surface area contributed by atoms with Crippen LogP contribution < -0.4 is 5.32 Å². The van der Waals surface area contributed by atoms with Crippen molar-refractivity contribution in [3.05, 3.63) is 59.2 Å². The Morgan fingerprint density at radius 1 is 1.26 bits per heavy atom. The number of alkyl halides is 2. The van der Waals surface area contributed by atoms with Gasteiger partial charge in [-0.25, -0.2) is 18.2 Å². The molecular formula is C22H22F3N3O3. The predicted molar refractivity (Wildman–Crippen MR) is 108 cm³/mol. The number of carbonyl (C=O) groups is 1. The van der Waals surface area contributed by atoms with Crippen LogP contribution in [0.4, 0.5) is 18.9 Å². The lowest BCUT2D eigenvalue weighted by atomic mass is 9.76. The first kappa shape index (κ1) is 21.3. The van der Waals surface area contributed by atoms with Gasteiger partial charge in [-0.1, -0.05) is 6.07 Å². The monoisotopic (exact) mass is 433 g/mol. The van der Waals surface area contributed by atoms with E-state index in [1.54, 1.807) is 25.3 Å². The molecule has 9 heteroatoms. The maximum atomic E-state index is 15.0. The maximum Gasteiger partial charge on any atom is 0.274 e. The van der Waals surface area contributed by atoms with E-state index in [0.29, 0.717) is 5.69 Å². The molecule has 3 heterocycles. The average Bonchev–Trinajstić information content (AvgIpc) is 3.09. The third kappa shape index (κ3) is 3.89. The highest BCUT2D eigenvalue weighted by atomic mass is 19.3. The highest BCUT2D eigenvalue weighted by molar-refractivity contribution is 6.02. The number of halogens is 3. The van der Waals surface area contributed by atoms with Gasteiger partial charge in [0.1, 0.15) is 23.2 Å². The first-order valence-electron chi connectivity index (χ1n) is 9.83. The fourth-order valence-corrected chi connectivity index (χ4v) is 4.12. The number of pyridine rings is 1. The summed E-state index contributed by atoms with van der Waals surface area (Å²) in [7, 11) is 0. The second kappa shape index (κ2) is 7.64. The van der Waals surface area contributed by atoms with E-state index in [1.165, 1.54) is 18.2 Å². The summed E-state index contributed by atoms with van der Waals surface area (Å²) in [6.07, 6.45) is 0.0911. The van der Waals surface area contributed by atoms with Crippen molar-refractivity contribution in [3.63, 3.8) is 0 Å². The van der Waals surface area contributed by atoms with Crippen molar-refractivity contribution in [1.29, 1.82) is 0 Å². The van der Waals surface area contributed by atoms with Crippen molar-refractivity contribution in [2.45, 2.75) is 38.3 Å². The van der Waals surface area contributed by atoms with Gasteiger partial charge in [-0.3, -0.25) is 9.78 Å². The van der Waals surface area contributed by atoms with Crippen molar-refractivity contribution in [3.8, 4) is 0 Å². The molecule has 31 heavy (non-hydrogen) atoms. The number of benzene rings is 1. The molecule has 1 amide bonds. The standard InChI is InChI=1S/C22H22F3N3O3/c1-12-4-7-18(26-9-12)20(29)27-14-5-6-17(23)15(8-14)22-11-31-19(21(3,24)25)16(22)10-30-13(2)28-22/h4-9,16,19H,10-11H2,1-3H3,(H,27,29)/t16-,19?,22-/m1/s1. The van der Waals surface area contributed by atoms with Gasteiger partial charge >= 0.3 is 0 Å². The lowest BCUT2D eigenvalue weighted by Crippen LogP contribution is -2.47. The average molecular weight is 433 g/mol. The molecule has 1 aromatic heterocycles. The Balaban J connectivity index is 1.71. The van der Waals surface area contributed by atoms with Crippen molar-refractivity contribution in [1.82, 2.24) is 4.98 Å². The summed E-state index contributed by atoms with van der Waals surface area (Å²) < 4.78 is 54.1. The number of nitrogens with one attached hydrogen (secondary N) is 1. The van der Waals surface area contributed by atoms with Crippen molar-refractivity contribution in [2.24, 2.45) is 10.9 Å². The van der Waals surface area contributed by atoms with Crippen LogP contribution >= 0.6 is 0 Å². The van der Waals surface area contributed by atoms with Gasteiger partial charge in [0.25, 0.3) is 11.8 Å². The molecule has 0 bridgehead atoms. The van der Waals surface area contributed by atoms with Gasteiger partial charge in [0.2, 0.25) is 0 Å². The Kier molecular flexibility index (Phi) is 5.25. The molecule has 4 rings (SSSR count). The molecule has 2 aliphatic rings. The zero-order valence-electron chi connectivity index (χ0n) is 17.3. The van der Waals surface area contributed by atoms with Gasteiger partial charge in [-0.15, -0.1) is 0 Å². The Hall–Kier alpha value is -2.94. The Bertz CT molecular complexity index is 1040. The van der Waals surface area contributed by atoms with Gasteiger partial charge in [-0.05, 0) is 36.8 Å². The maximum absolute atomic E-state index is 15.0. The smallest absolute Gasteiger partial charge is 0.274 e. The Labute approximate surface area is 177 Å². The SMILES string of the molecule is CC1=N[C@@]2(c3cc(NC(=O)c4ccc(C)cn4)ccc3F)COC(C(C)(F)F)[C@H]2CO1. The molecule has 1 fully saturated rings. The lowest BCUT2D eigenvalue weighted by Gasteiger charge is -2.37. The van der Waals surface area contributed by atoms with E-state index in [0.717, 1.165) is 12.5 Å². The zero-order valence-corrected chi connectivity index (χ0v) is 17.3. The molecule has 1 saturated heterocycles. The molecule has 3 atom stereocenters. The number of aryl methyl sites for hydroxylation is 1. The summed E-state index contributed by atoms with van der Waals surface area (Å²) in [5.74, 6) is -4.89. The largest absolute Gasteiger partial charge is 0.481 e. The van der Waals surface area contributed by atoms with Gasteiger partial charge in [0.05, 0.1) is 19.1 Å². The molecule has 2 aromatic rings. The number of aromatic nitrogens is 1. The quantitative estimate of drug-likeness (QED) is 0.788. The second-order valence-electron chi connectivity index (χ2n) is 8.03. The minimum atomic E-state index is -3.16. The molecule has 0 radical (unpaired) electrons. The summed E-state index contributed by atoms with van der Waals surface area (Å²) in [6.45, 7) is 3.90.